The average Bonchev–Trinajstić information content (AvgIpc) is 2.44. The molecule has 4 N–H and O–H groups in total. The zero-order chi connectivity index (χ0) is 14.7. The summed E-state index contributed by atoms with van der Waals surface area (Å²) in [4.78, 5) is 12.2. The van der Waals surface area contributed by atoms with Crippen molar-refractivity contribution >= 4 is 17.3 Å². The highest BCUT2D eigenvalue weighted by Crippen LogP contribution is 2.24. The van der Waals surface area contributed by atoms with Crippen LogP contribution in [0.5, 0.6) is 5.75 Å². The highest BCUT2D eigenvalue weighted by atomic mass is 16.3. The summed E-state index contributed by atoms with van der Waals surface area (Å²) in [6.07, 6.45) is 0.838. The molecule has 0 aliphatic carbocycles. The summed E-state index contributed by atoms with van der Waals surface area (Å²) >= 11 is 0. The van der Waals surface area contributed by atoms with Gasteiger partial charge in [0.1, 0.15) is 5.75 Å². The molecule has 0 aliphatic rings. The molecule has 2 aromatic carbocycles. The molecular formula is C16H18N2O2. The Balaban J connectivity index is 2.30. The molecule has 0 atom stereocenters. The minimum absolute atomic E-state index is 0.0850. The van der Waals surface area contributed by atoms with Crippen molar-refractivity contribution in [2.24, 2.45) is 0 Å². The van der Waals surface area contributed by atoms with E-state index in [0.29, 0.717) is 5.56 Å². The third kappa shape index (κ3) is 2.74. The Kier molecular flexibility index (Phi) is 3.94. The quantitative estimate of drug-likeness (QED) is 0.592. The van der Waals surface area contributed by atoms with Crippen LogP contribution >= 0.6 is 0 Å². The Morgan fingerprint density at radius 1 is 1.30 bits per heavy atom. The summed E-state index contributed by atoms with van der Waals surface area (Å²) in [5, 5.41) is 12.5. The molecule has 0 saturated heterocycles. The molecular weight excluding hydrogens is 252 g/mol. The average molecular weight is 270 g/mol. The van der Waals surface area contributed by atoms with E-state index in [0.717, 1.165) is 23.2 Å². The minimum atomic E-state index is -0.260. The number of carbonyl (C=O) groups is 1. The molecule has 0 bridgehead atoms. The van der Waals surface area contributed by atoms with E-state index in [1.54, 1.807) is 6.07 Å². The molecule has 2 aromatic rings. The molecule has 0 heterocycles. The highest BCUT2D eigenvalue weighted by molar-refractivity contribution is 6.05. The van der Waals surface area contributed by atoms with Gasteiger partial charge in [-0.3, -0.25) is 4.79 Å². The van der Waals surface area contributed by atoms with Gasteiger partial charge in [0, 0.05) is 11.3 Å². The molecule has 0 spiro atoms. The molecule has 0 unspecified atom stereocenters. The van der Waals surface area contributed by atoms with Gasteiger partial charge in [-0.15, -0.1) is 0 Å². The SMILES string of the molecule is CCc1cccc(C)c1NC(=O)c1ccc(N)c(O)c1. The maximum atomic E-state index is 12.2. The van der Waals surface area contributed by atoms with Crippen molar-refractivity contribution in [2.75, 3.05) is 11.1 Å². The Morgan fingerprint density at radius 2 is 2.05 bits per heavy atom. The normalized spacial score (nSPS) is 10.3. The Hall–Kier alpha value is -2.49. The molecule has 0 aliphatic heterocycles. The first-order valence-corrected chi connectivity index (χ1v) is 6.51. The molecule has 0 saturated carbocycles. The van der Waals surface area contributed by atoms with Gasteiger partial charge in [-0.1, -0.05) is 25.1 Å². The van der Waals surface area contributed by atoms with Gasteiger partial charge in [-0.05, 0) is 42.7 Å². The van der Waals surface area contributed by atoms with Gasteiger partial charge in [-0.25, -0.2) is 0 Å². The van der Waals surface area contributed by atoms with Crippen LogP contribution in [0.25, 0.3) is 0 Å². The number of nitrogen functional groups attached to an aromatic ring is 1. The van der Waals surface area contributed by atoms with E-state index in [-0.39, 0.29) is 17.3 Å². The second kappa shape index (κ2) is 5.65. The first-order chi connectivity index (χ1) is 9.52. The summed E-state index contributed by atoms with van der Waals surface area (Å²) in [5.74, 6) is -0.345. The molecule has 4 nitrogen and oxygen atoms in total. The van der Waals surface area contributed by atoms with E-state index in [9.17, 15) is 9.90 Å². The standard InChI is InChI=1S/C16H18N2O2/c1-3-11-6-4-5-10(2)15(11)18-16(20)12-7-8-13(17)14(19)9-12/h4-9,19H,3,17H2,1-2H3,(H,18,20). The number of hydrogen-bond donors (Lipinski definition) is 3. The van der Waals surface area contributed by atoms with E-state index in [4.69, 9.17) is 5.73 Å². The molecule has 104 valence electrons. The highest BCUT2D eigenvalue weighted by Gasteiger charge is 2.11. The van der Waals surface area contributed by atoms with Crippen molar-refractivity contribution in [1.82, 2.24) is 0 Å². The third-order valence-corrected chi connectivity index (χ3v) is 3.27. The molecule has 0 aromatic heterocycles. The van der Waals surface area contributed by atoms with Crippen LogP contribution in [-0.4, -0.2) is 11.0 Å². The molecule has 0 fully saturated rings. The summed E-state index contributed by atoms with van der Waals surface area (Å²) < 4.78 is 0. The zero-order valence-corrected chi connectivity index (χ0v) is 11.6. The van der Waals surface area contributed by atoms with Crippen LogP contribution < -0.4 is 11.1 Å². The largest absolute Gasteiger partial charge is 0.506 e. The van der Waals surface area contributed by atoms with Crippen molar-refractivity contribution in [3.63, 3.8) is 0 Å². The molecule has 2 rings (SSSR count). The number of aryl methyl sites for hydroxylation is 2. The lowest BCUT2D eigenvalue weighted by Crippen LogP contribution is -2.14. The predicted molar refractivity (Wildman–Crippen MR) is 81.0 cm³/mol. The molecule has 4 heteroatoms. The number of nitrogens with one attached hydrogen (secondary N) is 1. The topological polar surface area (TPSA) is 75.4 Å². The fourth-order valence-electron chi connectivity index (χ4n) is 2.07. The number of nitrogens with two attached hydrogens (primary N) is 1. The van der Waals surface area contributed by atoms with E-state index >= 15 is 0 Å². The third-order valence-electron chi connectivity index (χ3n) is 3.27. The lowest BCUT2D eigenvalue weighted by molar-refractivity contribution is 0.102. The number of phenolic OH excluding ortho intramolecular Hbond substituents is 1. The number of aromatic hydroxyl groups is 1. The second-order valence-corrected chi connectivity index (χ2v) is 4.69. The fourth-order valence-corrected chi connectivity index (χ4v) is 2.07. The Labute approximate surface area is 118 Å². The van der Waals surface area contributed by atoms with Crippen molar-refractivity contribution in [2.45, 2.75) is 20.3 Å². The number of anilines is 2. The van der Waals surface area contributed by atoms with Crippen LogP contribution in [0.4, 0.5) is 11.4 Å². The maximum absolute atomic E-state index is 12.2. The Morgan fingerprint density at radius 3 is 2.70 bits per heavy atom. The van der Waals surface area contributed by atoms with E-state index in [1.807, 2.05) is 32.0 Å². The maximum Gasteiger partial charge on any atom is 0.255 e. The van der Waals surface area contributed by atoms with Crippen LogP contribution in [0, 0.1) is 6.92 Å². The zero-order valence-electron chi connectivity index (χ0n) is 11.6. The van der Waals surface area contributed by atoms with Crippen LogP contribution in [0.3, 0.4) is 0 Å². The number of para-hydroxylation sites is 1. The lowest BCUT2D eigenvalue weighted by atomic mass is 10.1. The molecule has 20 heavy (non-hydrogen) atoms. The van der Waals surface area contributed by atoms with Gasteiger partial charge in [0.2, 0.25) is 0 Å². The molecule has 1 amide bonds. The first-order valence-electron chi connectivity index (χ1n) is 6.51. The predicted octanol–water partition coefficient (Wildman–Crippen LogP) is 3.10. The first kappa shape index (κ1) is 13.9. The number of amides is 1. The number of hydrogen-bond acceptors (Lipinski definition) is 3. The summed E-state index contributed by atoms with van der Waals surface area (Å²) in [6.45, 7) is 3.99. The smallest absolute Gasteiger partial charge is 0.255 e. The Bertz CT molecular complexity index is 651. The van der Waals surface area contributed by atoms with Gasteiger partial charge in [0.25, 0.3) is 5.91 Å². The summed E-state index contributed by atoms with van der Waals surface area (Å²) in [5.41, 5.74) is 9.09. The number of benzene rings is 2. The van der Waals surface area contributed by atoms with Gasteiger partial charge < -0.3 is 16.2 Å². The minimum Gasteiger partial charge on any atom is -0.506 e. The number of phenols is 1. The molecule has 0 radical (unpaired) electrons. The van der Waals surface area contributed by atoms with Crippen LogP contribution in [0.2, 0.25) is 0 Å². The van der Waals surface area contributed by atoms with Crippen LogP contribution in [0.15, 0.2) is 36.4 Å². The van der Waals surface area contributed by atoms with E-state index in [1.165, 1.54) is 12.1 Å². The number of carbonyl (C=O) groups excluding carboxylic acids is 1. The van der Waals surface area contributed by atoms with Crippen LogP contribution in [-0.2, 0) is 6.42 Å². The lowest BCUT2D eigenvalue weighted by Gasteiger charge is -2.13. The van der Waals surface area contributed by atoms with Crippen molar-refractivity contribution in [3.8, 4) is 5.75 Å². The van der Waals surface area contributed by atoms with Crippen molar-refractivity contribution in [1.29, 1.82) is 0 Å². The van der Waals surface area contributed by atoms with Gasteiger partial charge in [-0.2, -0.15) is 0 Å². The van der Waals surface area contributed by atoms with Gasteiger partial charge >= 0.3 is 0 Å². The van der Waals surface area contributed by atoms with E-state index < -0.39 is 0 Å². The second-order valence-electron chi connectivity index (χ2n) is 4.69. The number of rotatable bonds is 3. The van der Waals surface area contributed by atoms with Crippen molar-refractivity contribution < 1.29 is 9.90 Å². The van der Waals surface area contributed by atoms with Crippen LogP contribution in [0.1, 0.15) is 28.4 Å². The summed E-state index contributed by atoms with van der Waals surface area (Å²) in [6, 6.07) is 10.4. The van der Waals surface area contributed by atoms with Crippen molar-refractivity contribution in [3.05, 3.63) is 53.1 Å². The van der Waals surface area contributed by atoms with Gasteiger partial charge in [0.15, 0.2) is 0 Å². The van der Waals surface area contributed by atoms with E-state index in [2.05, 4.69) is 5.32 Å². The fraction of sp³-hybridized carbons (Fsp3) is 0.188. The summed E-state index contributed by atoms with van der Waals surface area (Å²) in [7, 11) is 0. The van der Waals surface area contributed by atoms with Gasteiger partial charge in [0.05, 0.1) is 5.69 Å². The monoisotopic (exact) mass is 270 g/mol.